The van der Waals surface area contributed by atoms with Gasteiger partial charge in [-0.1, -0.05) is 36.4 Å². The quantitative estimate of drug-likeness (QED) is 0.739. The minimum atomic E-state index is -0.211. The molecular formula is C16H15FN2. The summed E-state index contributed by atoms with van der Waals surface area (Å²) < 4.78 is 13.9. The number of benzene rings is 2. The summed E-state index contributed by atoms with van der Waals surface area (Å²) in [6.07, 6.45) is 0. The van der Waals surface area contributed by atoms with Crippen LogP contribution in [0.1, 0.15) is 17.2 Å². The number of para-hydroxylation sites is 1. The van der Waals surface area contributed by atoms with Crippen molar-refractivity contribution in [1.29, 1.82) is 0 Å². The number of halogens is 1. The van der Waals surface area contributed by atoms with Crippen molar-refractivity contribution in [3.8, 4) is 0 Å². The van der Waals surface area contributed by atoms with E-state index in [9.17, 15) is 4.39 Å². The summed E-state index contributed by atoms with van der Waals surface area (Å²) in [5.41, 5.74) is 8.48. The van der Waals surface area contributed by atoms with Crippen LogP contribution in [0.4, 0.5) is 4.39 Å². The zero-order chi connectivity index (χ0) is 13.2. The van der Waals surface area contributed by atoms with Crippen LogP contribution in [0.25, 0.3) is 10.9 Å². The molecule has 0 aliphatic heterocycles. The molecule has 19 heavy (non-hydrogen) atoms. The maximum atomic E-state index is 13.9. The fourth-order valence-electron chi connectivity index (χ4n) is 2.46. The summed E-state index contributed by atoms with van der Waals surface area (Å²) in [5, 5.41) is 1.12. The van der Waals surface area contributed by atoms with Gasteiger partial charge in [-0.3, -0.25) is 0 Å². The summed E-state index contributed by atoms with van der Waals surface area (Å²) in [6.45, 7) is 0.369. The van der Waals surface area contributed by atoms with Crippen molar-refractivity contribution in [2.24, 2.45) is 5.73 Å². The van der Waals surface area contributed by atoms with E-state index in [4.69, 9.17) is 5.73 Å². The third-order valence-corrected chi connectivity index (χ3v) is 3.44. The van der Waals surface area contributed by atoms with E-state index in [1.165, 1.54) is 6.07 Å². The van der Waals surface area contributed by atoms with Crippen LogP contribution in [0.15, 0.2) is 54.6 Å². The highest BCUT2D eigenvalue weighted by molar-refractivity contribution is 5.80. The number of H-pyrrole nitrogens is 1. The van der Waals surface area contributed by atoms with Crippen LogP contribution in [0.5, 0.6) is 0 Å². The van der Waals surface area contributed by atoms with E-state index in [0.29, 0.717) is 12.1 Å². The number of aromatic nitrogens is 1. The van der Waals surface area contributed by atoms with Crippen molar-refractivity contribution in [3.63, 3.8) is 0 Å². The second kappa shape index (κ2) is 4.86. The first-order valence-electron chi connectivity index (χ1n) is 6.31. The van der Waals surface area contributed by atoms with E-state index in [1.807, 2.05) is 36.4 Å². The van der Waals surface area contributed by atoms with Gasteiger partial charge in [-0.25, -0.2) is 4.39 Å². The highest BCUT2D eigenvalue weighted by Crippen LogP contribution is 2.27. The van der Waals surface area contributed by atoms with Crippen LogP contribution in [-0.2, 0) is 0 Å². The molecular weight excluding hydrogens is 239 g/mol. The Morgan fingerprint density at radius 1 is 1.05 bits per heavy atom. The first-order chi connectivity index (χ1) is 9.29. The van der Waals surface area contributed by atoms with Crippen molar-refractivity contribution in [3.05, 3.63) is 71.7 Å². The molecule has 3 heteroatoms. The smallest absolute Gasteiger partial charge is 0.127 e. The van der Waals surface area contributed by atoms with Gasteiger partial charge in [0.15, 0.2) is 0 Å². The summed E-state index contributed by atoms with van der Waals surface area (Å²) >= 11 is 0. The van der Waals surface area contributed by atoms with Crippen LogP contribution < -0.4 is 5.73 Å². The Kier molecular flexibility index (Phi) is 3.05. The molecule has 0 fully saturated rings. The Labute approximate surface area is 111 Å². The average molecular weight is 254 g/mol. The highest BCUT2D eigenvalue weighted by Gasteiger charge is 2.17. The first-order valence-corrected chi connectivity index (χ1v) is 6.31. The van der Waals surface area contributed by atoms with Gasteiger partial charge in [0.25, 0.3) is 0 Å². The molecule has 0 aliphatic carbocycles. The van der Waals surface area contributed by atoms with Crippen molar-refractivity contribution in [2.75, 3.05) is 6.54 Å². The molecule has 0 radical (unpaired) electrons. The average Bonchev–Trinajstić information content (AvgIpc) is 2.85. The minimum Gasteiger partial charge on any atom is -0.358 e. The molecule has 0 saturated carbocycles. The van der Waals surface area contributed by atoms with Crippen molar-refractivity contribution < 1.29 is 4.39 Å². The van der Waals surface area contributed by atoms with Crippen LogP contribution >= 0.6 is 0 Å². The van der Waals surface area contributed by atoms with Gasteiger partial charge in [0, 0.05) is 23.7 Å². The lowest BCUT2D eigenvalue weighted by molar-refractivity contribution is 0.595. The van der Waals surface area contributed by atoms with Gasteiger partial charge in [-0.2, -0.15) is 0 Å². The lowest BCUT2D eigenvalue weighted by Gasteiger charge is -2.14. The molecule has 3 aromatic rings. The molecule has 0 saturated heterocycles. The Morgan fingerprint density at radius 3 is 2.53 bits per heavy atom. The topological polar surface area (TPSA) is 41.8 Å². The van der Waals surface area contributed by atoms with Gasteiger partial charge in [0.05, 0.1) is 0 Å². The molecule has 2 aromatic carbocycles. The second-order valence-corrected chi connectivity index (χ2v) is 4.62. The second-order valence-electron chi connectivity index (χ2n) is 4.62. The Bertz CT molecular complexity index is 670. The summed E-state index contributed by atoms with van der Waals surface area (Å²) in [5.74, 6) is -0.356. The van der Waals surface area contributed by atoms with Crippen molar-refractivity contribution in [2.45, 2.75) is 5.92 Å². The number of nitrogens with one attached hydrogen (secondary N) is 1. The normalized spacial score (nSPS) is 12.7. The van der Waals surface area contributed by atoms with Crippen molar-refractivity contribution >= 4 is 10.9 Å². The van der Waals surface area contributed by atoms with Gasteiger partial charge < -0.3 is 10.7 Å². The predicted octanol–water partition coefficient (Wildman–Crippen LogP) is 3.40. The fourth-order valence-corrected chi connectivity index (χ4v) is 2.46. The molecule has 0 amide bonds. The molecule has 3 N–H and O–H groups in total. The number of hydrogen-bond acceptors (Lipinski definition) is 1. The van der Waals surface area contributed by atoms with E-state index in [1.54, 1.807) is 12.1 Å². The van der Waals surface area contributed by atoms with Gasteiger partial charge >= 0.3 is 0 Å². The lowest BCUT2D eigenvalue weighted by Crippen LogP contribution is -2.15. The molecule has 1 atom stereocenters. The number of rotatable bonds is 3. The van der Waals surface area contributed by atoms with Crippen LogP contribution in [-0.4, -0.2) is 11.5 Å². The summed E-state index contributed by atoms with van der Waals surface area (Å²) in [6, 6.07) is 16.8. The molecule has 0 aliphatic rings. The molecule has 1 unspecified atom stereocenters. The molecule has 2 nitrogen and oxygen atoms in total. The molecule has 0 spiro atoms. The first kappa shape index (κ1) is 11.9. The fraction of sp³-hybridized carbons (Fsp3) is 0.125. The van der Waals surface area contributed by atoms with Crippen molar-refractivity contribution in [1.82, 2.24) is 4.98 Å². The van der Waals surface area contributed by atoms with Gasteiger partial charge in [-0.05, 0) is 29.1 Å². The largest absolute Gasteiger partial charge is 0.358 e. The van der Waals surface area contributed by atoms with Gasteiger partial charge in [0.2, 0.25) is 0 Å². The Balaban J connectivity index is 2.09. The summed E-state index contributed by atoms with van der Waals surface area (Å²) in [7, 11) is 0. The maximum absolute atomic E-state index is 13.9. The Morgan fingerprint density at radius 2 is 1.79 bits per heavy atom. The molecule has 1 aromatic heterocycles. The van der Waals surface area contributed by atoms with Crippen LogP contribution in [0.3, 0.4) is 0 Å². The van der Waals surface area contributed by atoms with E-state index >= 15 is 0 Å². The van der Waals surface area contributed by atoms with E-state index in [-0.39, 0.29) is 11.7 Å². The SMILES string of the molecule is NCC(c1cc2ccccc2[nH]1)c1ccccc1F. The van der Waals surface area contributed by atoms with Crippen LogP contribution in [0, 0.1) is 5.82 Å². The number of fused-ring (bicyclic) bond motifs is 1. The standard InChI is InChI=1S/C16H15FN2/c17-14-7-3-2-6-12(14)13(10-18)16-9-11-5-1-4-8-15(11)19-16/h1-9,13,19H,10,18H2. The van der Waals surface area contributed by atoms with E-state index < -0.39 is 0 Å². The summed E-state index contributed by atoms with van der Waals surface area (Å²) in [4.78, 5) is 3.33. The predicted molar refractivity (Wildman–Crippen MR) is 75.6 cm³/mol. The lowest BCUT2D eigenvalue weighted by atomic mass is 9.95. The zero-order valence-electron chi connectivity index (χ0n) is 10.4. The number of aromatic amines is 1. The zero-order valence-corrected chi connectivity index (χ0v) is 10.4. The molecule has 1 heterocycles. The molecule has 96 valence electrons. The third-order valence-electron chi connectivity index (χ3n) is 3.44. The third kappa shape index (κ3) is 2.13. The maximum Gasteiger partial charge on any atom is 0.127 e. The molecule has 3 rings (SSSR count). The van der Waals surface area contributed by atoms with Gasteiger partial charge in [-0.15, -0.1) is 0 Å². The Hall–Kier alpha value is -2.13. The number of hydrogen-bond donors (Lipinski definition) is 2. The van der Waals surface area contributed by atoms with Gasteiger partial charge in [0.1, 0.15) is 5.82 Å². The van der Waals surface area contributed by atoms with E-state index in [2.05, 4.69) is 4.98 Å². The van der Waals surface area contributed by atoms with E-state index in [0.717, 1.165) is 16.6 Å². The minimum absolute atomic E-state index is 0.145. The number of nitrogens with two attached hydrogens (primary N) is 1. The monoisotopic (exact) mass is 254 g/mol. The molecule has 0 bridgehead atoms. The highest BCUT2D eigenvalue weighted by atomic mass is 19.1. The van der Waals surface area contributed by atoms with Crippen LogP contribution in [0.2, 0.25) is 0 Å².